The summed E-state index contributed by atoms with van der Waals surface area (Å²) in [5.41, 5.74) is 0.327. The maximum Gasteiger partial charge on any atom is 0.410 e. The van der Waals surface area contributed by atoms with E-state index < -0.39 is 11.6 Å². The molecule has 12 nitrogen and oxygen atoms in total. The fourth-order valence-corrected chi connectivity index (χ4v) is 5.74. The molecule has 1 spiro atoms. The Bertz CT molecular complexity index is 1110. The number of piperidine rings is 1. The van der Waals surface area contributed by atoms with Gasteiger partial charge < -0.3 is 29.1 Å². The van der Waals surface area contributed by atoms with Crippen molar-refractivity contribution in [3.8, 4) is 0 Å². The van der Waals surface area contributed by atoms with Crippen molar-refractivity contribution < 1.29 is 28.7 Å². The Balaban J connectivity index is 1.57. The summed E-state index contributed by atoms with van der Waals surface area (Å²) in [6.45, 7) is 10.2. The summed E-state index contributed by atoms with van der Waals surface area (Å²) in [7, 11) is 5.19. The SMILES string of the molecule is Cc1cnn(CC(=O)N(C)CCC[C@H]2C(=O)N(C)CCCCC3(CCN(C(=O)OC(C)(C)C)CC3)COCC(=O)N2C)c1. The van der Waals surface area contributed by atoms with Gasteiger partial charge in [-0.3, -0.25) is 19.1 Å². The van der Waals surface area contributed by atoms with Crippen molar-refractivity contribution in [2.45, 2.75) is 90.8 Å². The summed E-state index contributed by atoms with van der Waals surface area (Å²) >= 11 is 0. The van der Waals surface area contributed by atoms with Crippen molar-refractivity contribution in [3.63, 3.8) is 0 Å². The lowest BCUT2D eigenvalue weighted by Crippen LogP contribution is -2.50. The maximum absolute atomic E-state index is 13.5. The second kappa shape index (κ2) is 15.0. The van der Waals surface area contributed by atoms with E-state index in [1.165, 1.54) is 4.90 Å². The molecule has 3 rings (SSSR count). The quantitative estimate of drug-likeness (QED) is 0.490. The molecule has 43 heavy (non-hydrogen) atoms. The van der Waals surface area contributed by atoms with Crippen LogP contribution in [0.2, 0.25) is 0 Å². The molecule has 1 aromatic heterocycles. The second-order valence-corrected chi connectivity index (χ2v) is 13.4. The van der Waals surface area contributed by atoms with Crippen LogP contribution in [0, 0.1) is 12.3 Å². The largest absolute Gasteiger partial charge is 0.444 e. The number of aromatic nitrogens is 2. The standard InChI is InChI=1S/C31H52N6O6/c1-24-19-32-37(20-24)21-26(38)33(5)16-10-11-25-28(40)34(6)15-9-8-12-31(23-42-22-27(39)35(25)7)13-17-36(18-14-31)29(41)43-30(2,3)4/h19-20,25H,8-18,21-23H2,1-7H3/t25-/m0/s1. The topological polar surface area (TPSA) is 118 Å². The highest BCUT2D eigenvalue weighted by atomic mass is 16.6. The van der Waals surface area contributed by atoms with Crippen LogP contribution in [0.1, 0.15) is 71.3 Å². The average Bonchev–Trinajstić information content (AvgIpc) is 3.35. The number of carbonyl (C=O) groups is 4. The smallest absolute Gasteiger partial charge is 0.410 e. The molecular weight excluding hydrogens is 552 g/mol. The lowest BCUT2D eigenvalue weighted by molar-refractivity contribution is -0.147. The van der Waals surface area contributed by atoms with Gasteiger partial charge in [0.05, 0.1) is 12.8 Å². The van der Waals surface area contributed by atoms with Crippen LogP contribution in [0.25, 0.3) is 0 Å². The van der Waals surface area contributed by atoms with Crippen molar-refractivity contribution in [1.29, 1.82) is 0 Å². The normalized spacial score (nSPS) is 20.8. The van der Waals surface area contributed by atoms with E-state index in [4.69, 9.17) is 9.47 Å². The molecule has 0 saturated carbocycles. The molecular formula is C31H52N6O6. The number of hydrogen-bond acceptors (Lipinski definition) is 7. The molecule has 2 fully saturated rings. The number of likely N-dealkylation sites (tertiary alicyclic amines) is 1. The molecule has 2 aliphatic rings. The highest BCUT2D eigenvalue weighted by Crippen LogP contribution is 2.37. The van der Waals surface area contributed by atoms with Crippen LogP contribution in [0.15, 0.2) is 12.4 Å². The highest BCUT2D eigenvalue weighted by molar-refractivity contribution is 5.88. The fourth-order valence-electron chi connectivity index (χ4n) is 5.74. The van der Waals surface area contributed by atoms with Gasteiger partial charge in [0.15, 0.2) is 0 Å². The summed E-state index contributed by atoms with van der Waals surface area (Å²) in [6, 6.07) is -0.634. The van der Waals surface area contributed by atoms with Crippen molar-refractivity contribution in [2.75, 3.05) is 60.5 Å². The number of hydrogen-bond donors (Lipinski definition) is 0. The lowest BCUT2D eigenvalue weighted by atomic mass is 9.75. The van der Waals surface area contributed by atoms with E-state index in [1.807, 2.05) is 33.9 Å². The number of amides is 4. The zero-order chi connectivity index (χ0) is 31.8. The van der Waals surface area contributed by atoms with Gasteiger partial charge in [0.1, 0.15) is 24.8 Å². The van der Waals surface area contributed by atoms with Gasteiger partial charge in [0, 0.05) is 53.5 Å². The molecule has 0 unspecified atom stereocenters. The summed E-state index contributed by atoms with van der Waals surface area (Å²) in [6.07, 6.45) is 8.48. The summed E-state index contributed by atoms with van der Waals surface area (Å²) < 4.78 is 13.2. The van der Waals surface area contributed by atoms with Crippen LogP contribution in [-0.4, -0.2) is 125 Å². The zero-order valence-corrected chi connectivity index (χ0v) is 27.3. The highest BCUT2D eigenvalue weighted by Gasteiger charge is 2.38. The molecule has 0 radical (unpaired) electrons. The number of ether oxygens (including phenoxy) is 2. The first kappa shape index (κ1) is 34.3. The summed E-state index contributed by atoms with van der Waals surface area (Å²) in [4.78, 5) is 58.6. The summed E-state index contributed by atoms with van der Waals surface area (Å²) in [5, 5.41) is 4.18. The van der Waals surface area contributed by atoms with Gasteiger partial charge in [-0.1, -0.05) is 6.42 Å². The summed E-state index contributed by atoms with van der Waals surface area (Å²) in [5.74, 6) is -0.410. The molecule has 0 bridgehead atoms. The molecule has 0 aliphatic carbocycles. The molecule has 2 aliphatic heterocycles. The van der Waals surface area contributed by atoms with Gasteiger partial charge in [0.2, 0.25) is 17.7 Å². The van der Waals surface area contributed by atoms with Crippen LogP contribution >= 0.6 is 0 Å². The van der Waals surface area contributed by atoms with Crippen LogP contribution in [0.4, 0.5) is 4.79 Å². The first-order chi connectivity index (χ1) is 20.2. The minimum atomic E-state index is -0.634. The molecule has 0 N–H and O–H groups in total. The monoisotopic (exact) mass is 604 g/mol. The first-order valence-electron chi connectivity index (χ1n) is 15.5. The Morgan fingerprint density at radius 1 is 1.12 bits per heavy atom. The molecule has 0 aromatic carbocycles. The Hall–Kier alpha value is -3.15. The van der Waals surface area contributed by atoms with Gasteiger partial charge in [-0.05, 0) is 77.2 Å². The van der Waals surface area contributed by atoms with E-state index in [-0.39, 0.29) is 42.4 Å². The average molecular weight is 605 g/mol. The lowest BCUT2D eigenvalue weighted by Gasteiger charge is -2.42. The third-order valence-corrected chi connectivity index (χ3v) is 8.54. The van der Waals surface area contributed by atoms with Crippen molar-refractivity contribution in [2.24, 2.45) is 5.41 Å². The Labute approximate surface area is 256 Å². The van der Waals surface area contributed by atoms with Crippen LogP contribution in [-0.2, 0) is 30.4 Å². The third-order valence-electron chi connectivity index (χ3n) is 8.54. The van der Waals surface area contributed by atoms with Crippen LogP contribution in [0.3, 0.4) is 0 Å². The third kappa shape index (κ3) is 10.2. The van der Waals surface area contributed by atoms with Gasteiger partial charge in [-0.15, -0.1) is 0 Å². The molecule has 12 heteroatoms. The fraction of sp³-hybridized carbons (Fsp3) is 0.774. The van der Waals surface area contributed by atoms with Gasteiger partial charge >= 0.3 is 6.09 Å². The van der Waals surface area contributed by atoms with Crippen LogP contribution in [0.5, 0.6) is 0 Å². The first-order valence-corrected chi connectivity index (χ1v) is 15.5. The molecule has 2 saturated heterocycles. The number of aryl methyl sites for hydroxylation is 1. The number of carbonyl (C=O) groups excluding carboxylic acids is 4. The minimum Gasteiger partial charge on any atom is -0.444 e. The number of likely N-dealkylation sites (N-methyl/N-ethyl adjacent to an activating group) is 3. The van der Waals surface area contributed by atoms with E-state index in [2.05, 4.69) is 5.10 Å². The van der Waals surface area contributed by atoms with Crippen molar-refractivity contribution >= 4 is 23.8 Å². The molecule has 4 amide bonds. The van der Waals surface area contributed by atoms with E-state index in [0.29, 0.717) is 45.6 Å². The molecule has 1 atom stereocenters. The molecule has 3 heterocycles. The molecule has 242 valence electrons. The second-order valence-electron chi connectivity index (χ2n) is 13.4. The van der Waals surface area contributed by atoms with E-state index in [1.54, 1.807) is 46.7 Å². The Kier molecular flexibility index (Phi) is 12.0. The predicted octanol–water partition coefficient (Wildman–Crippen LogP) is 2.93. The van der Waals surface area contributed by atoms with Gasteiger partial charge in [0.25, 0.3) is 0 Å². The predicted molar refractivity (Wildman–Crippen MR) is 162 cm³/mol. The maximum atomic E-state index is 13.5. The molecule has 1 aromatic rings. The zero-order valence-electron chi connectivity index (χ0n) is 27.3. The number of nitrogens with zero attached hydrogens (tertiary/aromatic N) is 6. The van der Waals surface area contributed by atoms with Crippen LogP contribution < -0.4 is 0 Å². The van der Waals surface area contributed by atoms with E-state index in [0.717, 1.165) is 37.7 Å². The number of rotatable bonds is 6. The van der Waals surface area contributed by atoms with Gasteiger partial charge in [-0.2, -0.15) is 5.10 Å². The van der Waals surface area contributed by atoms with Gasteiger partial charge in [-0.25, -0.2) is 4.79 Å². The van der Waals surface area contributed by atoms with Crippen molar-refractivity contribution in [3.05, 3.63) is 18.0 Å². The van der Waals surface area contributed by atoms with E-state index >= 15 is 0 Å². The Morgan fingerprint density at radius 3 is 2.44 bits per heavy atom. The van der Waals surface area contributed by atoms with E-state index in [9.17, 15) is 19.2 Å². The Morgan fingerprint density at radius 2 is 1.81 bits per heavy atom. The minimum absolute atomic E-state index is 0.0647. The van der Waals surface area contributed by atoms with Crippen molar-refractivity contribution in [1.82, 2.24) is 29.4 Å².